The largest absolute Gasteiger partial charge is 0.409 e. The first-order valence-electron chi connectivity index (χ1n) is 4.20. The third-order valence-corrected chi connectivity index (χ3v) is 3.16. The zero-order valence-electron chi connectivity index (χ0n) is 7.85. The molecule has 0 atom stereocenters. The summed E-state index contributed by atoms with van der Waals surface area (Å²) in [5, 5.41) is 20.5. The van der Waals surface area contributed by atoms with Crippen LogP contribution in [0.15, 0.2) is 28.3 Å². The lowest BCUT2D eigenvalue weighted by Crippen LogP contribution is -2.12. The van der Waals surface area contributed by atoms with Gasteiger partial charge in [0.25, 0.3) is 0 Å². The van der Waals surface area contributed by atoms with Gasteiger partial charge >= 0.3 is 0 Å². The van der Waals surface area contributed by atoms with Gasteiger partial charge in [-0.15, -0.1) is 11.8 Å². The number of benzene rings is 1. The molecule has 0 amide bonds. The molecule has 0 heterocycles. The van der Waals surface area contributed by atoms with Crippen molar-refractivity contribution in [2.45, 2.75) is 4.90 Å². The molecule has 4 nitrogen and oxygen atoms in total. The highest BCUT2D eigenvalue weighted by Crippen LogP contribution is 2.27. The molecular formula is C9H11ClN2O2S. The number of hydrogen-bond acceptors (Lipinski definition) is 4. The number of nitrogens with zero attached hydrogens (tertiary/aromatic N) is 1. The molecule has 0 spiro atoms. The van der Waals surface area contributed by atoms with Gasteiger partial charge in [0.05, 0.1) is 11.6 Å². The SMILES string of the molecule is NC(=NO)c1ccc(SCCO)c(Cl)c1. The van der Waals surface area contributed by atoms with E-state index in [0.717, 1.165) is 4.90 Å². The molecular weight excluding hydrogens is 236 g/mol. The Bertz CT molecular complexity index is 371. The standard InChI is InChI=1S/C9H11ClN2O2S/c10-7-5-6(9(11)12-14)1-2-8(7)15-4-3-13/h1-2,5,13-14H,3-4H2,(H2,11,12). The van der Waals surface area contributed by atoms with Crippen LogP contribution in [0.3, 0.4) is 0 Å². The summed E-state index contributed by atoms with van der Waals surface area (Å²) >= 11 is 7.42. The van der Waals surface area contributed by atoms with Crippen LogP contribution in [0.4, 0.5) is 0 Å². The Hall–Kier alpha value is -0.910. The van der Waals surface area contributed by atoms with E-state index in [-0.39, 0.29) is 12.4 Å². The van der Waals surface area contributed by atoms with Crippen LogP contribution in [0, 0.1) is 0 Å². The molecule has 0 fully saturated rings. The van der Waals surface area contributed by atoms with E-state index in [4.69, 9.17) is 27.6 Å². The van der Waals surface area contributed by atoms with Gasteiger partial charge in [0.15, 0.2) is 5.84 Å². The Morgan fingerprint density at radius 1 is 1.53 bits per heavy atom. The van der Waals surface area contributed by atoms with Gasteiger partial charge in [-0.05, 0) is 18.2 Å². The van der Waals surface area contributed by atoms with Crippen molar-refractivity contribution in [3.05, 3.63) is 28.8 Å². The Morgan fingerprint density at radius 2 is 2.27 bits per heavy atom. The highest BCUT2D eigenvalue weighted by molar-refractivity contribution is 7.99. The van der Waals surface area contributed by atoms with Crippen molar-refractivity contribution in [3.8, 4) is 0 Å². The fourth-order valence-electron chi connectivity index (χ4n) is 0.991. The van der Waals surface area contributed by atoms with Gasteiger partial charge in [0, 0.05) is 16.2 Å². The molecule has 0 unspecified atom stereocenters. The van der Waals surface area contributed by atoms with Crippen molar-refractivity contribution in [2.24, 2.45) is 10.9 Å². The van der Waals surface area contributed by atoms with Crippen molar-refractivity contribution in [1.82, 2.24) is 0 Å². The quantitative estimate of drug-likeness (QED) is 0.247. The summed E-state index contributed by atoms with van der Waals surface area (Å²) in [6, 6.07) is 5.10. The van der Waals surface area contributed by atoms with Gasteiger partial charge in [-0.3, -0.25) is 0 Å². The van der Waals surface area contributed by atoms with E-state index < -0.39 is 0 Å². The Kier molecular flexibility index (Phi) is 4.74. The molecule has 1 aromatic carbocycles. The van der Waals surface area contributed by atoms with Gasteiger partial charge in [0.1, 0.15) is 0 Å². The summed E-state index contributed by atoms with van der Waals surface area (Å²) in [6.45, 7) is 0.100. The molecule has 0 radical (unpaired) electrons. The predicted octanol–water partition coefficient (Wildman–Crippen LogP) is 1.52. The van der Waals surface area contributed by atoms with E-state index in [9.17, 15) is 0 Å². The lowest BCUT2D eigenvalue weighted by molar-refractivity contribution is 0.318. The fourth-order valence-corrected chi connectivity index (χ4v) is 2.01. The number of oxime groups is 1. The van der Waals surface area contributed by atoms with Gasteiger partial charge in [-0.2, -0.15) is 0 Å². The molecule has 1 aromatic rings. The van der Waals surface area contributed by atoms with Crippen molar-refractivity contribution in [1.29, 1.82) is 0 Å². The number of hydrogen-bond donors (Lipinski definition) is 3. The van der Waals surface area contributed by atoms with Crippen LogP contribution in [0.2, 0.25) is 5.02 Å². The van der Waals surface area contributed by atoms with Crippen molar-refractivity contribution < 1.29 is 10.3 Å². The molecule has 15 heavy (non-hydrogen) atoms. The number of aliphatic hydroxyl groups excluding tert-OH is 1. The first kappa shape index (κ1) is 12.2. The van der Waals surface area contributed by atoms with Gasteiger partial charge in [-0.25, -0.2) is 0 Å². The second-order valence-electron chi connectivity index (χ2n) is 2.70. The molecule has 6 heteroatoms. The zero-order valence-corrected chi connectivity index (χ0v) is 9.42. The fraction of sp³-hybridized carbons (Fsp3) is 0.222. The van der Waals surface area contributed by atoms with Gasteiger partial charge < -0.3 is 16.0 Å². The maximum atomic E-state index is 8.66. The molecule has 0 aliphatic heterocycles. The number of amidine groups is 1. The number of nitrogens with two attached hydrogens (primary N) is 1. The summed E-state index contributed by atoms with van der Waals surface area (Å²) in [5.41, 5.74) is 5.97. The summed E-state index contributed by atoms with van der Waals surface area (Å²) < 4.78 is 0. The minimum Gasteiger partial charge on any atom is -0.409 e. The minimum absolute atomic E-state index is 0.0237. The van der Waals surface area contributed by atoms with Crippen LogP contribution in [-0.4, -0.2) is 28.5 Å². The molecule has 0 aromatic heterocycles. The average Bonchev–Trinajstić information content (AvgIpc) is 2.26. The first-order chi connectivity index (χ1) is 7.19. The topological polar surface area (TPSA) is 78.8 Å². The highest BCUT2D eigenvalue weighted by Gasteiger charge is 2.05. The monoisotopic (exact) mass is 246 g/mol. The van der Waals surface area contributed by atoms with E-state index in [1.165, 1.54) is 11.8 Å². The number of aliphatic hydroxyl groups is 1. The van der Waals surface area contributed by atoms with Crippen LogP contribution in [0.1, 0.15) is 5.56 Å². The molecule has 4 N–H and O–H groups in total. The summed E-state index contributed by atoms with van der Waals surface area (Å²) in [5.74, 6) is 0.610. The van der Waals surface area contributed by atoms with E-state index >= 15 is 0 Å². The minimum atomic E-state index is 0.0237. The first-order valence-corrected chi connectivity index (χ1v) is 5.56. The molecule has 1 rings (SSSR count). The molecule has 0 saturated carbocycles. The smallest absolute Gasteiger partial charge is 0.170 e. The van der Waals surface area contributed by atoms with Crippen molar-refractivity contribution in [2.75, 3.05) is 12.4 Å². The number of thioether (sulfide) groups is 1. The van der Waals surface area contributed by atoms with E-state index in [1.54, 1.807) is 18.2 Å². The van der Waals surface area contributed by atoms with Gasteiger partial charge in [0.2, 0.25) is 0 Å². The summed E-state index contributed by atoms with van der Waals surface area (Å²) in [7, 11) is 0. The maximum Gasteiger partial charge on any atom is 0.170 e. The van der Waals surface area contributed by atoms with Gasteiger partial charge in [-0.1, -0.05) is 16.8 Å². The second-order valence-corrected chi connectivity index (χ2v) is 4.25. The molecule has 0 saturated heterocycles. The second kappa shape index (κ2) is 5.85. The lowest BCUT2D eigenvalue weighted by atomic mass is 10.2. The molecule has 0 aliphatic rings. The van der Waals surface area contributed by atoms with Crippen LogP contribution >= 0.6 is 23.4 Å². The van der Waals surface area contributed by atoms with Crippen LogP contribution < -0.4 is 5.73 Å². The zero-order chi connectivity index (χ0) is 11.3. The van der Waals surface area contributed by atoms with Crippen LogP contribution in [-0.2, 0) is 0 Å². The Morgan fingerprint density at radius 3 is 2.80 bits per heavy atom. The normalized spacial score (nSPS) is 11.7. The number of halogens is 1. The Balaban J connectivity index is 2.88. The third kappa shape index (κ3) is 3.30. The maximum absolute atomic E-state index is 8.66. The predicted molar refractivity (Wildman–Crippen MR) is 61.8 cm³/mol. The van der Waals surface area contributed by atoms with E-state index in [2.05, 4.69) is 5.16 Å². The van der Waals surface area contributed by atoms with Crippen LogP contribution in [0.25, 0.3) is 0 Å². The highest BCUT2D eigenvalue weighted by atomic mass is 35.5. The Labute approximate surface area is 96.7 Å². The van der Waals surface area contributed by atoms with E-state index in [0.29, 0.717) is 16.3 Å². The third-order valence-electron chi connectivity index (χ3n) is 1.68. The number of rotatable bonds is 4. The molecule has 0 bridgehead atoms. The lowest BCUT2D eigenvalue weighted by Gasteiger charge is -2.05. The summed E-state index contributed by atoms with van der Waals surface area (Å²) in [6.07, 6.45) is 0. The average molecular weight is 247 g/mol. The summed E-state index contributed by atoms with van der Waals surface area (Å²) in [4.78, 5) is 0.861. The van der Waals surface area contributed by atoms with Crippen molar-refractivity contribution >= 4 is 29.2 Å². The molecule has 0 aliphatic carbocycles. The van der Waals surface area contributed by atoms with Crippen LogP contribution in [0.5, 0.6) is 0 Å². The van der Waals surface area contributed by atoms with E-state index in [1.807, 2.05) is 0 Å². The molecule has 82 valence electrons. The van der Waals surface area contributed by atoms with Crippen molar-refractivity contribution in [3.63, 3.8) is 0 Å².